The topological polar surface area (TPSA) is 108 Å². The summed E-state index contributed by atoms with van der Waals surface area (Å²) in [5.41, 5.74) is 0.629. The molecule has 0 saturated carbocycles. The number of hydrogen-bond acceptors (Lipinski definition) is 7. The molecule has 1 unspecified atom stereocenters. The van der Waals surface area contributed by atoms with E-state index in [4.69, 9.17) is 24.1 Å². The second-order valence-electron chi connectivity index (χ2n) is 6.75. The van der Waals surface area contributed by atoms with Crippen molar-refractivity contribution in [2.24, 2.45) is 0 Å². The Labute approximate surface area is 185 Å². The number of hydrogen-bond donors (Lipinski definition) is 1. The van der Waals surface area contributed by atoms with E-state index < -0.39 is 23.0 Å². The average Bonchev–Trinajstić information content (AvgIpc) is 2.70. The van der Waals surface area contributed by atoms with Crippen molar-refractivity contribution < 1.29 is 38.4 Å². The minimum absolute atomic E-state index is 0.00163. The normalized spacial score (nSPS) is 11.4. The summed E-state index contributed by atoms with van der Waals surface area (Å²) in [6, 6.07) is 4.54. The number of aliphatic carboxylic acids is 1. The third kappa shape index (κ3) is 10.5. The molecule has 0 aromatic heterocycles. The molecule has 30 heavy (non-hydrogen) atoms. The Morgan fingerprint density at radius 2 is 1.43 bits per heavy atom. The second kappa shape index (κ2) is 14.7. The number of carbonyl (C=O) groups excluding carboxylic acids is 2. The van der Waals surface area contributed by atoms with Gasteiger partial charge in [-0.2, -0.15) is 0 Å². The monoisotopic (exact) mass is 486 g/mol. The van der Waals surface area contributed by atoms with Gasteiger partial charge >= 0.3 is 165 Å². The zero-order chi connectivity index (χ0) is 22.4. The maximum absolute atomic E-state index is 12.0. The fourth-order valence-electron chi connectivity index (χ4n) is 2.44. The molecule has 0 spiro atoms. The standard InChI is InChI=1S/C21H31AsO8/c1-3-5-7-11-27-20(25)29-17-10-9-15(13-16(22)19(23)24)14-18(17)30-21(26)28-12-8-6-4-2/h9-10,14,16H,3-8,11-13,22H2,1-2H3,(H,23,24)/t16-/m0/s1. The molecule has 0 saturated heterocycles. The van der Waals surface area contributed by atoms with Crippen LogP contribution in [0.2, 0.25) is 4.71 Å². The van der Waals surface area contributed by atoms with E-state index in [1.807, 2.05) is 13.8 Å². The van der Waals surface area contributed by atoms with Gasteiger partial charge in [0.15, 0.2) is 0 Å². The molecule has 1 aromatic rings. The van der Waals surface area contributed by atoms with Crippen molar-refractivity contribution in [2.75, 3.05) is 13.2 Å². The van der Waals surface area contributed by atoms with Crippen molar-refractivity contribution in [2.45, 2.75) is 63.5 Å². The van der Waals surface area contributed by atoms with Gasteiger partial charge in [0.1, 0.15) is 0 Å². The first-order valence-electron chi connectivity index (χ1n) is 10.2. The summed E-state index contributed by atoms with van der Waals surface area (Å²) in [6.07, 6.45) is 3.72. The van der Waals surface area contributed by atoms with E-state index in [1.165, 1.54) is 12.1 Å². The third-order valence-corrected chi connectivity index (χ3v) is 5.20. The summed E-state index contributed by atoms with van der Waals surface area (Å²) in [5.74, 6) is -0.939. The minimum atomic E-state index is -0.917. The van der Waals surface area contributed by atoms with Crippen molar-refractivity contribution in [3.05, 3.63) is 23.8 Å². The number of rotatable bonds is 13. The van der Waals surface area contributed by atoms with Crippen LogP contribution in [0.3, 0.4) is 0 Å². The zero-order valence-electron chi connectivity index (χ0n) is 17.6. The second-order valence-corrected chi connectivity index (χ2v) is 8.43. The molecule has 0 heterocycles. The van der Waals surface area contributed by atoms with Gasteiger partial charge in [-0.05, 0) is 0 Å². The quantitative estimate of drug-likeness (QED) is 0.192. The van der Waals surface area contributed by atoms with E-state index in [-0.39, 0.29) is 31.1 Å². The van der Waals surface area contributed by atoms with E-state index in [2.05, 4.69) is 0 Å². The average molecular weight is 486 g/mol. The molecule has 1 rings (SSSR count). The number of ether oxygens (including phenoxy) is 4. The minimum Gasteiger partial charge on any atom is -0.0654 e. The molecule has 1 aromatic carbocycles. The molecule has 2 atom stereocenters. The van der Waals surface area contributed by atoms with Crippen LogP contribution in [-0.4, -0.2) is 53.5 Å². The Balaban J connectivity index is 2.84. The van der Waals surface area contributed by atoms with Crippen molar-refractivity contribution >= 4 is 35.1 Å². The fourth-order valence-corrected chi connectivity index (χ4v) is 3.01. The summed E-state index contributed by atoms with van der Waals surface area (Å²) >= 11 is 1.07. The molecule has 0 radical (unpaired) electrons. The predicted molar refractivity (Wildman–Crippen MR) is 113 cm³/mol. The van der Waals surface area contributed by atoms with E-state index in [1.54, 1.807) is 6.07 Å². The number of unbranched alkanes of at least 4 members (excludes halogenated alkanes) is 4. The Hall–Kier alpha value is -2.21. The number of carbonyl (C=O) groups is 3. The predicted octanol–water partition coefficient (Wildman–Crippen LogP) is 4.15. The van der Waals surface area contributed by atoms with Gasteiger partial charge in [0.05, 0.1) is 0 Å². The zero-order valence-corrected chi connectivity index (χ0v) is 20.0. The van der Waals surface area contributed by atoms with Crippen LogP contribution in [0.25, 0.3) is 0 Å². The summed E-state index contributed by atoms with van der Waals surface area (Å²) in [6.45, 7) is 4.53. The molecule has 9 heteroatoms. The molecule has 0 aliphatic carbocycles. The van der Waals surface area contributed by atoms with Crippen LogP contribution in [0.5, 0.6) is 11.5 Å². The summed E-state index contributed by atoms with van der Waals surface area (Å²) in [5, 5.41) is 9.12. The molecule has 168 valence electrons. The van der Waals surface area contributed by atoms with Crippen LogP contribution >= 0.6 is 0 Å². The Kier molecular flexibility index (Phi) is 12.7. The van der Waals surface area contributed by atoms with E-state index in [0.717, 1.165) is 55.4 Å². The van der Waals surface area contributed by atoms with Crippen LogP contribution < -0.4 is 9.47 Å². The fraction of sp³-hybridized carbons (Fsp3) is 0.571. The van der Waals surface area contributed by atoms with Crippen molar-refractivity contribution in [3.8, 4) is 11.5 Å². The number of benzene rings is 1. The van der Waals surface area contributed by atoms with Crippen LogP contribution in [0, 0.1) is 0 Å². The van der Waals surface area contributed by atoms with Gasteiger partial charge in [0.25, 0.3) is 0 Å². The molecule has 0 aliphatic rings. The van der Waals surface area contributed by atoms with Gasteiger partial charge in [0, 0.05) is 0 Å². The van der Waals surface area contributed by atoms with Gasteiger partial charge < -0.3 is 0 Å². The molecular formula is C21H31AsO8. The van der Waals surface area contributed by atoms with Gasteiger partial charge in [-0.1, -0.05) is 20.3 Å². The SMILES string of the molecule is CCCCCOC(=O)Oc1ccc(C[C@H]([AsH2])C(=O)O)cc1OC(=O)OCCCCC. The van der Waals surface area contributed by atoms with Crippen LogP contribution in [-0.2, 0) is 20.7 Å². The van der Waals surface area contributed by atoms with Crippen molar-refractivity contribution in [3.63, 3.8) is 0 Å². The van der Waals surface area contributed by atoms with Gasteiger partial charge in [-0.15, -0.1) is 0 Å². The van der Waals surface area contributed by atoms with E-state index in [9.17, 15) is 14.4 Å². The molecule has 0 aliphatic heterocycles. The van der Waals surface area contributed by atoms with E-state index >= 15 is 0 Å². The van der Waals surface area contributed by atoms with E-state index in [0.29, 0.717) is 5.56 Å². The van der Waals surface area contributed by atoms with Gasteiger partial charge in [0.2, 0.25) is 0 Å². The summed E-state index contributed by atoms with van der Waals surface area (Å²) in [4.78, 5) is 35.0. The summed E-state index contributed by atoms with van der Waals surface area (Å²) in [7, 11) is 0. The molecule has 1 N–H and O–H groups in total. The smallest absolute Gasteiger partial charge is 0.0654 e. The summed E-state index contributed by atoms with van der Waals surface area (Å²) < 4.78 is 19.9. The molecule has 8 nitrogen and oxygen atoms in total. The maximum atomic E-state index is 12.0. The van der Waals surface area contributed by atoms with Crippen LogP contribution in [0.1, 0.15) is 57.9 Å². The first-order valence-corrected chi connectivity index (χ1v) is 11.6. The Morgan fingerprint density at radius 1 is 0.900 bits per heavy atom. The molecule has 0 bridgehead atoms. The molecule has 0 amide bonds. The van der Waals surface area contributed by atoms with Crippen LogP contribution in [0.4, 0.5) is 9.59 Å². The van der Waals surface area contributed by atoms with Gasteiger partial charge in [-0.3, -0.25) is 0 Å². The van der Waals surface area contributed by atoms with Gasteiger partial charge in [-0.25, -0.2) is 0 Å². The Morgan fingerprint density at radius 3 is 1.93 bits per heavy atom. The Bertz CT molecular complexity index is 692. The third-order valence-electron chi connectivity index (χ3n) is 4.10. The van der Waals surface area contributed by atoms with Crippen molar-refractivity contribution in [1.82, 2.24) is 0 Å². The number of carboxylic acid groups (broad SMARTS) is 1. The number of carboxylic acids is 1. The molecule has 0 fully saturated rings. The van der Waals surface area contributed by atoms with Crippen molar-refractivity contribution in [1.29, 1.82) is 0 Å². The first kappa shape index (κ1) is 25.8. The first-order chi connectivity index (χ1) is 14.4. The van der Waals surface area contributed by atoms with Crippen LogP contribution in [0.15, 0.2) is 18.2 Å². The molecular weight excluding hydrogens is 455 g/mol.